The number of carbonyl (C=O) groups excluding carboxylic acids is 1. The number of primary amides is 1. The summed E-state index contributed by atoms with van der Waals surface area (Å²) in [6.07, 6.45) is 0. The smallest absolute Gasteiger partial charge is 0.335 e. The highest BCUT2D eigenvalue weighted by Crippen LogP contribution is 2.15. The number of aromatic nitrogens is 2. The van der Waals surface area contributed by atoms with Crippen molar-refractivity contribution in [3.63, 3.8) is 0 Å². The van der Waals surface area contributed by atoms with E-state index in [9.17, 15) is 19.5 Å². The Morgan fingerprint density at radius 3 is 2.39 bits per heavy atom. The van der Waals surface area contributed by atoms with E-state index < -0.39 is 28.6 Å². The minimum absolute atomic E-state index is 0.304. The number of aromatic hydroxyl groups is 1. The molecule has 0 bridgehead atoms. The van der Waals surface area contributed by atoms with Crippen molar-refractivity contribution in [2.75, 3.05) is 0 Å². The second kappa shape index (κ2) is 4.21. The molecule has 0 aliphatic heterocycles. The van der Waals surface area contributed by atoms with Gasteiger partial charge in [0.1, 0.15) is 0 Å². The van der Waals surface area contributed by atoms with Gasteiger partial charge in [-0.15, -0.1) is 0 Å². The molecule has 1 aromatic carbocycles. The third kappa shape index (κ3) is 1.77. The number of nitrogens with zero attached hydrogens (tertiary/aromatic N) is 1. The fourth-order valence-electron chi connectivity index (χ4n) is 1.56. The summed E-state index contributed by atoms with van der Waals surface area (Å²) in [5.74, 6) is -1.89. The molecule has 7 heteroatoms. The van der Waals surface area contributed by atoms with Gasteiger partial charge in [-0.3, -0.25) is 14.6 Å². The van der Waals surface area contributed by atoms with Gasteiger partial charge in [-0.25, -0.2) is 9.36 Å². The van der Waals surface area contributed by atoms with Crippen molar-refractivity contribution in [3.05, 3.63) is 56.7 Å². The van der Waals surface area contributed by atoms with E-state index in [1.807, 2.05) is 4.98 Å². The maximum absolute atomic E-state index is 11.6. The molecule has 0 atom stereocenters. The number of nitrogens with one attached hydrogen (secondary N) is 1. The molecule has 0 unspecified atom stereocenters. The van der Waals surface area contributed by atoms with E-state index in [4.69, 9.17) is 5.73 Å². The summed E-state index contributed by atoms with van der Waals surface area (Å²) in [7, 11) is 0. The summed E-state index contributed by atoms with van der Waals surface area (Å²) >= 11 is 0. The summed E-state index contributed by atoms with van der Waals surface area (Å²) in [6.45, 7) is 0. The van der Waals surface area contributed by atoms with Gasteiger partial charge in [0.15, 0.2) is 5.56 Å². The van der Waals surface area contributed by atoms with Crippen molar-refractivity contribution in [2.24, 2.45) is 5.73 Å². The summed E-state index contributed by atoms with van der Waals surface area (Å²) in [5, 5.41) is 9.82. The van der Waals surface area contributed by atoms with Crippen molar-refractivity contribution in [3.8, 4) is 11.6 Å². The van der Waals surface area contributed by atoms with Crippen LogP contribution in [0.2, 0.25) is 0 Å². The molecule has 1 heterocycles. The first kappa shape index (κ1) is 11.6. The first-order valence-corrected chi connectivity index (χ1v) is 4.96. The molecular formula is C11H9N3O4. The third-order valence-corrected chi connectivity index (χ3v) is 2.35. The lowest BCUT2D eigenvalue weighted by Gasteiger charge is -2.09. The number of para-hydroxylation sites is 1. The molecule has 0 fully saturated rings. The van der Waals surface area contributed by atoms with Gasteiger partial charge in [0.2, 0.25) is 5.88 Å². The van der Waals surface area contributed by atoms with Crippen LogP contribution in [0.5, 0.6) is 5.88 Å². The normalized spacial score (nSPS) is 10.2. The number of nitrogens with two attached hydrogens (primary N) is 1. The van der Waals surface area contributed by atoms with E-state index in [1.165, 1.54) is 12.1 Å². The second-order valence-electron chi connectivity index (χ2n) is 3.49. The van der Waals surface area contributed by atoms with Gasteiger partial charge in [0, 0.05) is 0 Å². The molecule has 0 saturated heterocycles. The maximum atomic E-state index is 11.6. The molecule has 0 spiro atoms. The third-order valence-electron chi connectivity index (χ3n) is 2.35. The topological polar surface area (TPSA) is 118 Å². The first-order chi connectivity index (χ1) is 8.52. The largest absolute Gasteiger partial charge is 0.493 e. The minimum Gasteiger partial charge on any atom is -0.493 e. The van der Waals surface area contributed by atoms with Crippen LogP contribution in [0.15, 0.2) is 39.9 Å². The molecule has 2 aromatic rings. The van der Waals surface area contributed by atoms with E-state index in [0.29, 0.717) is 5.69 Å². The van der Waals surface area contributed by atoms with Gasteiger partial charge < -0.3 is 10.8 Å². The molecule has 1 amide bonds. The Hall–Kier alpha value is -2.83. The molecular weight excluding hydrogens is 238 g/mol. The molecule has 92 valence electrons. The quantitative estimate of drug-likeness (QED) is 0.652. The Morgan fingerprint density at radius 1 is 1.22 bits per heavy atom. The lowest BCUT2D eigenvalue weighted by Crippen LogP contribution is -2.34. The zero-order valence-electron chi connectivity index (χ0n) is 9.08. The zero-order chi connectivity index (χ0) is 13.3. The van der Waals surface area contributed by atoms with Crippen LogP contribution in [-0.4, -0.2) is 20.6 Å². The van der Waals surface area contributed by atoms with Gasteiger partial charge in [-0.2, -0.15) is 0 Å². The van der Waals surface area contributed by atoms with Gasteiger partial charge in [0.25, 0.3) is 11.5 Å². The van der Waals surface area contributed by atoms with Crippen LogP contribution in [-0.2, 0) is 0 Å². The van der Waals surface area contributed by atoms with E-state index in [-0.39, 0.29) is 0 Å². The number of H-pyrrole nitrogens is 1. The van der Waals surface area contributed by atoms with Gasteiger partial charge in [-0.05, 0) is 12.1 Å². The fourth-order valence-corrected chi connectivity index (χ4v) is 1.56. The Balaban J connectivity index is 2.85. The standard InChI is InChI=1S/C11H9N3O4/c12-8(15)7-9(16)13-11(18)14(10(7)17)6-4-2-1-3-5-6/h1-5,17H,(H2,12,15)(H,13,16,18). The number of rotatable bonds is 2. The number of hydrogen-bond donors (Lipinski definition) is 3. The summed E-state index contributed by atoms with van der Waals surface area (Å²) in [6, 6.07) is 8.05. The van der Waals surface area contributed by atoms with Gasteiger partial charge in [-0.1, -0.05) is 18.2 Å². The summed E-state index contributed by atoms with van der Waals surface area (Å²) in [5.41, 5.74) is 2.76. The van der Waals surface area contributed by atoms with E-state index >= 15 is 0 Å². The highest BCUT2D eigenvalue weighted by atomic mass is 16.3. The number of aromatic amines is 1. The molecule has 2 rings (SSSR count). The monoisotopic (exact) mass is 247 g/mol. The second-order valence-corrected chi connectivity index (χ2v) is 3.49. The van der Waals surface area contributed by atoms with Crippen LogP contribution in [0.3, 0.4) is 0 Å². The van der Waals surface area contributed by atoms with Crippen molar-refractivity contribution < 1.29 is 9.90 Å². The van der Waals surface area contributed by atoms with Crippen LogP contribution in [0.25, 0.3) is 5.69 Å². The Bertz CT molecular complexity index is 715. The van der Waals surface area contributed by atoms with E-state index in [0.717, 1.165) is 4.57 Å². The fraction of sp³-hybridized carbons (Fsp3) is 0. The van der Waals surface area contributed by atoms with Crippen molar-refractivity contribution in [1.82, 2.24) is 9.55 Å². The summed E-state index contributed by atoms with van der Waals surface area (Å²) < 4.78 is 0.793. The van der Waals surface area contributed by atoms with Crippen LogP contribution in [0.1, 0.15) is 10.4 Å². The van der Waals surface area contributed by atoms with Crippen molar-refractivity contribution in [1.29, 1.82) is 0 Å². The Labute approximate surface area is 100 Å². The van der Waals surface area contributed by atoms with Crippen molar-refractivity contribution >= 4 is 5.91 Å². The van der Waals surface area contributed by atoms with Crippen LogP contribution >= 0.6 is 0 Å². The minimum atomic E-state index is -1.11. The van der Waals surface area contributed by atoms with Crippen LogP contribution in [0, 0.1) is 0 Å². The first-order valence-electron chi connectivity index (χ1n) is 4.96. The SMILES string of the molecule is NC(=O)c1c(O)n(-c2ccccc2)c(=O)[nH]c1=O. The number of carbonyl (C=O) groups is 1. The molecule has 0 aliphatic carbocycles. The van der Waals surface area contributed by atoms with Crippen molar-refractivity contribution in [2.45, 2.75) is 0 Å². The molecule has 7 nitrogen and oxygen atoms in total. The average molecular weight is 247 g/mol. The van der Waals surface area contributed by atoms with Gasteiger partial charge >= 0.3 is 5.69 Å². The average Bonchev–Trinajstić information content (AvgIpc) is 2.28. The molecule has 1 aromatic heterocycles. The van der Waals surface area contributed by atoms with Gasteiger partial charge in [0.05, 0.1) is 5.69 Å². The molecule has 0 radical (unpaired) electrons. The van der Waals surface area contributed by atoms with E-state index in [1.54, 1.807) is 18.2 Å². The lowest BCUT2D eigenvalue weighted by atomic mass is 10.2. The van der Waals surface area contributed by atoms with Crippen LogP contribution in [0.4, 0.5) is 0 Å². The number of amides is 1. The number of hydrogen-bond acceptors (Lipinski definition) is 4. The Kier molecular flexibility index (Phi) is 2.72. The zero-order valence-corrected chi connectivity index (χ0v) is 9.08. The predicted molar refractivity (Wildman–Crippen MR) is 62.8 cm³/mol. The highest BCUT2D eigenvalue weighted by Gasteiger charge is 2.19. The summed E-state index contributed by atoms with van der Waals surface area (Å²) in [4.78, 5) is 36.0. The molecule has 0 saturated carbocycles. The maximum Gasteiger partial charge on any atom is 0.335 e. The van der Waals surface area contributed by atoms with E-state index in [2.05, 4.69) is 0 Å². The molecule has 4 N–H and O–H groups in total. The lowest BCUT2D eigenvalue weighted by molar-refractivity contribution is 0.0995. The Morgan fingerprint density at radius 2 is 1.83 bits per heavy atom. The highest BCUT2D eigenvalue weighted by molar-refractivity contribution is 5.94. The number of benzene rings is 1. The van der Waals surface area contributed by atoms with Crippen LogP contribution < -0.4 is 17.0 Å². The predicted octanol–water partition coefficient (Wildman–Crippen LogP) is -0.670. The molecule has 0 aliphatic rings. The molecule has 18 heavy (non-hydrogen) atoms.